The van der Waals surface area contributed by atoms with Crippen LogP contribution in [0.25, 0.3) is 6.08 Å². The quantitative estimate of drug-likeness (QED) is 0.593. The molecule has 0 unspecified atom stereocenters. The summed E-state index contributed by atoms with van der Waals surface area (Å²) >= 11 is 0. The normalized spacial score (nSPS) is 7.82. The molecule has 52 valence electrons. The highest BCUT2D eigenvalue weighted by atomic mass is 15.1. The molecule has 0 saturated heterocycles. The second-order valence-electron chi connectivity index (χ2n) is 1.79. The van der Waals surface area contributed by atoms with Crippen LogP contribution in [-0.4, -0.2) is 10.2 Å². The van der Waals surface area contributed by atoms with Crippen molar-refractivity contribution in [2.45, 2.75) is 0 Å². The number of H-pyrrole nitrogens is 1. The summed E-state index contributed by atoms with van der Waals surface area (Å²) < 4.78 is 0. The molecule has 0 atom stereocenters. The Morgan fingerprint density at radius 3 is 2.73 bits per heavy atom. The van der Waals surface area contributed by atoms with Gasteiger partial charge in [-0.15, -0.1) is 0 Å². The lowest BCUT2D eigenvalue weighted by Gasteiger charge is -1.80. The van der Waals surface area contributed by atoms with Crippen LogP contribution in [0.2, 0.25) is 0 Å². The second-order valence-corrected chi connectivity index (χ2v) is 1.79. The molecule has 1 aromatic rings. The fourth-order valence-electron chi connectivity index (χ4n) is 0.592. The maximum atomic E-state index is 8.35. The molecule has 4 heteroatoms. The van der Waals surface area contributed by atoms with E-state index in [1.807, 2.05) is 0 Å². The van der Waals surface area contributed by atoms with Crippen molar-refractivity contribution in [3.05, 3.63) is 23.5 Å². The Morgan fingerprint density at radius 2 is 2.27 bits per heavy atom. The van der Waals surface area contributed by atoms with Crippen molar-refractivity contribution >= 4 is 6.08 Å². The van der Waals surface area contributed by atoms with Crippen LogP contribution in [0.3, 0.4) is 0 Å². The second kappa shape index (κ2) is 3.19. The van der Waals surface area contributed by atoms with E-state index in [0.29, 0.717) is 5.69 Å². The number of nitriles is 2. The lowest BCUT2D eigenvalue weighted by atomic mass is 10.2. The van der Waals surface area contributed by atoms with Crippen LogP contribution in [-0.2, 0) is 0 Å². The van der Waals surface area contributed by atoms with Crippen LogP contribution >= 0.6 is 0 Å². The molecule has 0 aromatic carbocycles. The van der Waals surface area contributed by atoms with Crippen LogP contribution < -0.4 is 0 Å². The molecule has 0 aliphatic heterocycles. The lowest BCUT2D eigenvalue weighted by Crippen LogP contribution is -1.75. The average molecular weight is 144 g/mol. The number of nitrogens with zero attached hydrogens (tertiary/aromatic N) is 3. The summed E-state index contributed by atoms with van der Waals surface area (Å²) in [5.74, 6) is 0. The zero-order valence-corrected chi connectivity index (χ0v) is 5.57. The van der Waals surface area contributed by atoms with Crippen LogP contribution in [0.5, 0.6) is 0 Å². The van der Waals surface area contributed by atoms with Gasteiger partial charge < -0.3 is 0 Å². The van der Waals surface area contributed by atoms with Gasteiger partial charge in [-0.2, -0.15) is 15.6 Å². The molecule has 0 bridgehead atoms. The number of nitrogens with one attached hydrogen (secondary N) is 1. The van der Waals surface area contributed by atoms with Crippen molar-refractivity contribution in [2.24, 2.45) is 0 Å². The number of hydrogen-bond acceptors (Lipinski definition) is 3. The van der Waals surface area contributed by atoms with Crippen molar-refractivity contribution in [3.63, 3.8) is 0 Å². The SMILES string of the molecule is N#CC(C#N)=Cc1ccn[nH]1. The van der Waals surface area contributed by atoms with Gasteiger partial charge in [0.25, 0.3) is 0 Å². The number of aromatic amines is 1. The van der Waals surface area contributed by atoms with E-state index in [9.17, 15) is 0 Å². The number of hydrogen-bond donors (Lipinski definition) is 1. The molecule has 11 heavy (non-hydrogen) atoms. The van der Waals surface area contributed by atoms with Crippen LogP contribution in [0.4, 0.5) is 0 Å². The Bertz CT molecular complexity index is 318. The summed E-state index contributed by atoms with van der Waals surface area (Å²) in [6, 6.07) is 5.16. The maximum absolute atomic E-state index is 8.35. The van der Waals surface area contributed by atoms with Gasteiger partial charge in [0, 0.05) is 6.20 Å². The monoisotopic (exact) mass is 144 g/mol. The largest absolute Gasteiger partial charge is 0.278 e. The first-order valence-corrected chi connectivity index (χ1v) is 2.88. The summed E-state index contributed by atoms with van der Waals surface area (Å²) in [4.78, 5) is 0. The first-order chi connectivity index (χ1) is 5.36. The minimum atomic E-state index is 0.0641. The van der Waals surface area contributed by atoms with Gasteiger partial charge in [-0.3, -0.25) is 5.10 Å². The molecule has 1 N–H and O–H groups in total. The molecule has 0 spiro atoms. The molecular weight excluding hydrogens is 140 g/mol. The highest BCUT2D eigenvalue weighted by Crippen LogP contribution is 1.99. The van der Waals surface area contributed by atoms with Gasteiger partial charge >= 0.3 is 0 Å². The van der Waals surface area contributed by atoms with E-state index in [0.717, 1.165) is 0 Å². The molecule has 0 fully saturated rings. The molecule has 1 rings (SSSR count). The van der Waals surface area contributed by atoms with Crippen LogP contribution in [0, 0.1) is 22.7 Å². The van der Waals surface area contributed by atoms with Crippen molar-refractivity contribution in [2.75, 3.05) is 0 Å². The summed E-state index contributed by atoms with van der Waals surface area (Å²) in [6.45, 7) is 0. The summed E-state index contributed by atoms with van der Waals surface area (Å²) in [5.41, 5.74) is 0.720. The third-order valence-corrected chi connectivity index (χ3v) is 1.06. The predicted octanol–water partition coefficient (Wildman–Crippen LogP) is 0.840. The zero-order valence-electron chi connectivity index (χ0n) is 5.57. The van der Waals surface area contributed by atoms with E-state index in [2.05, 4.69) is 10.2 Å². The first kappa shape index (κ1) is 7.04. The summed E-state index contributed by atoms with van der Waals surface area (Å²) in [7, 11) is 0. The molecule has 0 amide bonds. The summed E-state index contributed by atoms with van der Waals surface area (Å²) in [6.07, 6.45) is 2.99. The molecule has 0 aliphatic carbocycles. The van der Waals surface area contributed by atoms with Gasteiger partial charge in [-0.1, -0.05) is 0 Å². The molecule has 1 aromatic heterocycles. The van der Waals surface area contributed by atoms with Crippen molar-refractivity contribution in [3.8, 4) is 12.1 Å². The smallest absolute Gasteiger partial charge is 0.131 e. The minimum Gasteiger partial charge on any atom is -0.278 e. The van der Waals surface area contributed by atoms with E-state index in [1.165, 1.54) is 6.08 Å². The molecule has 4 nitrogen and oxygen atoms in total. The van der Waals surface area contributed by atoms with Crippen LogP contribution in [0.15, 0.2) is 17.8 Å². The van der Waals surface area contributed by atoms with Crippen molar-refractivity contribution < 1.29 is 0 Å². The van der Waals surface area contributed by atoms with E-state index < -0.39 is 0 Å². The Kier molecular flexibility index (Phi) is 2.04. The Morgan fingerprint density at radius 1 is 1.55 bits per heavy atom. The molecular formula is C7H4N4. The molecule has 0 radical (unpaired) electrons. The third kappa shape index (κ3) is 1.67. The highest BCUT2D eigenvalue weighted by molar-refractivity contribution is 5.59. The molecule has 0 aliphatic rings. The number of aromatic nitrogens is 2. The van der Waals surface area contributed by atoms with Gasteiger partial charge in [-0.05, 0) is 12.1 Å². The van der Waals surface area contributed by atoms with Crippen molar-refractivity contribution in [1.29, 1.82) is 10.5 Å². The predicted molar refractivity (Wildman–Crippen MR) is 37.8 cm³/mol. The van der Waals surface area contributed by atoms with Gasteiger partial charge in [0.1, 0.15) is 17.7 Å². The van der Waals surface area contributed by atoms with Gasteiger partial charge in [0.05, 0.1) is 5.69 Å². The number of allylic oxidation sites excluding steroid dienone is 1. The maximum Gasteiger partial charge on any atom is 0.131 e. The number of rotatable bonds is 1. The van der Waals surface area contributed by atoms with E-state index >= 15 is 0 Å². The first-order valence-electron chi connectivity index (χ1n) is 2.88. The Labute approximate surface area is 63.4 Å². The molecule has 0 saturated carbocycles. The minimum absolute atomic E-state index is 0.0641. The fourth-order valence-corrected chi connectivity index (χ4v) is 0.592. The van der Waals surface area contributed by atoms with E-state index in [-0.39, 0.29) is 5.57 Å². The topological polar surface area (TPSA) is 76.3 Å². The highest BCUT2D eigenvalue weighted by Gasteiger charge is 1.92. The lowest BCUT2D eigenvalue weighted by molar-refractivity contribution is 1.08. The van der Waals surface area contributed by atoms with E-state index in [1.54, 1.807) is 24.4 Å². The van der Waals surface area contributed by atoms with Gasteiger partial charge in [-0.25, -0.2) is 0 Å². The average Bonchev–Trinajstić information content (AvgIpc) is 2.52. The van der Waals surface area contributed by atoms with Crippen LogP contribution in [0.1, 0.15) is 5.69 Å². The van der Waals surface area contributed by atoms with Crippen molar-refractivity contribution in [1.82, 2.24) is 10.2 Å². The Hall–Kier alpha value is -2.07. The van der Waals surface area contributed by atoms with Gasteiger partial charge in [0.15, 0.2) is 0 Å². The zero-order chi connectivity index (χ0) is 8.10. The molecule has 1 heterocycles. The summed E-state index contributed by atoms with van der Waals surface area (Å²) in [5, 5.41) is 23.0. The third-order valence-electron chi connectivity index (χ3n) is 1.06. The Balaban J connectivity index is 2.93. The van der Waals surface area contributed by atoms with Gasteiger partial charge in [0.2, 0.25) is 0 Å². The van der Waals surface area contributed by atoms with E-state index in [4.69, 9.17) is 10.5 Å². The standard InChI is InChI=1S/C7H4N4/c8-4-6(5-9)3-7-1-2-10-11-7/h1-3H,(H,10,11). The fraction of sp³-hybridized carbons (Fsp3) is 0.